The molecule has 2 saturated heterocycles. The van der Waals surface area contributed by atoms with Crippen LogP contribution in [0.5, 0.6) is 0 Å². The summed E-state index contributed by atoms with van der Waals surface area (Å²) < 4.78 is 38.1. The molecule has 2 fully saturated rings. The number of aliphatic hydroxyl groups excluding tert-OH is 1. The number of sulfone groups is 1. The van der Waals surface area contributed by atoms with Gasteiger partial charge in [0.15, 0.2) is 5.67 Å². The van der Waals surface area contributed by atoms with Crippen LogP contribution in [-0.2, 0) is 9.84 Å². The topological polar surface area (TPSA) is 111 Å². The predicted molar refractivity (Wildman–Crippen MR) is 165 cm³/mol. The average molecular weight is 587 g/mol. The summed E-state index contributed by atoms with van der Waals surface area (Å²) in [6.45, 7) is 15.0. The third-order valence-corrected chi connectivity index (χ3v) is 9.39. The van der Waals surface area contributed by atoms with Crippen molar-refractivity contribution in [3.63, 3.8) is 0 Å². The third kappa shape index (κ3) is 7.06. The van der Waals surface area contributed by atoms with Crippen LogP contribution in [0.25, 0.3) is 6.08 Å². The lowest BCUT2D eigenvalue weighted by atomic mass is 9.85. The molecule has 0 radical (unpaired) electrons. The second-order valence-electron chi connectivity index (χ2n) is 12.0. The number of hydrogen-bond donors (Lipinski definition) is 2. The number of aromatic nitrogens is 2. The Kier molecular flexibility index (Phi) is 9.08. The summed E-state index contributed by atoms with van der Waals surface area (Å²) in [5.74, 6) is 2.23. The fraction of sp³-hybridized carbons (Fsp3) is 0.567. The Bertz CT molecular complexity index is 1410. The maximum absolute atomic E-state index is 14.8. The van der Waals surface area contributed by atoms with E-state index in [1.54, 1.807) is 17.2 Å². The molecule has 0 saturated carbocycles. The number of aliphatic hydroxyl groups is 1. The van der Waals surface area contributed by atoms with Crippen molar-refractivity contribution in [3.05, 3.63) is 46.9 Å². The Balaban J connectivity index is 1.58. The average Bonchev–Trinajstić information content (AvgIpc) is 2.90. The molecule has 1 aromatic carbocycles. The molecule has 9 nitrogen and oxygen atoms in total. The van der Waals surface area contributed by atoms with Crippen LogP contribution in [0.1, 0.15) is 63.1 Å². The number of anilines is 3. The number of piperidine rings is 1. The molecule has 0 spiro atoms. The summed E-state index contributed by atoms with van der Waals surface area (Å²) in [6.07, 6.45) is 4.85. The number of aliphatic imine (C=N–C) groups is 1. The van der Waals surface area contributed by atoms with Crippen molar-refractivity contribution in [1.82, 2.24) is 9.97 Å². The number of alkyl halides is 1. The van der Waals surface area contributed by atoms with Crippen molar-refractivity contribution in [2.24, 2.45) is 10.9 Å². The van der Waals surface area contributed by atoms with Gasteiger partial charge in [-0.25, -0.2) is 22.8 Å². The van der Waals surface area contributed by atoms with Crippen molar-refractivity contribution < 1.29 is 17.9 Å². The molecule has 2 aliphatic heterocycles. The van der Waals surface area contributed by atoms with E-state index >= 15 is 0 Å². The van der Waals surface area contributed by atoms with E-state index in [4.69, 9.17) is 0 Å². The van der Waals surface area contributed by atoms with Crippen molar-refractivity contribution in [2.45, 2.75) is 71.2 Å². The maximum atomic E-state index is 14.8. The standard InChI is InChI=1S/C30H43FN6O3S/c1-19(2)23-8-9-25(37-17-22(21(37)4)12-15-41(7,39)40)20(3)24(23)16-28(32-6)34-27-10-13-33-29(35-27)36-14-11-26(38)30(5,31)18-36/h8-10,13,16,19,21-22,26,38H,6,11-12,14-15,17-18H2,1-5,7H3,(H,33,34,35)/b28-16+/t21-,22+,26+,30+/m1/s1. The van der Waals surface area contributed by atoms with Crippen LogP contribution in [0.2, 0.25) is 0 Å². The Hall–Kier alpha value is -3.05. The van der Waals surface area contributed by atoms with E-state index in [0.29, 0.717) is 42.9 Å². The van der Waals surface area contributed by atoms with Gasteiger partial charge in [0, 0.05) is 37.3 Å². The van der Waals surface area contributed by atoms with Gasteiger partial charge >= 0.3 is 0 Å². The smallest absolute Gasteiger partial charge is 0.227 e. The van der Waals surface area contributed by atoms with E-state index in [1.165, 1.54) is 18.7 Å². The van der Waals surface area contributed by atoms with Crippen LogP contribution in [0, 0.1) is 12.8 Å². The monoisotopic (exact) mass is 586 g/mol. The van der Waals surface area contributed by atoms with Gasteiger partial charge in [0.2, 0.25) is 5.95 Å². The number of benzene rings is 1. The third-order valence-electron chi connectivity index (χ3n) is 8.42. The molecular weight excluding hydrogens is 543 g/mol. The summed E-state index contributed by atoms with van der Waals surface area (Å²) in [5, 5.41) is 13.2. The van der Waals surface area contributed by atoms with E-state index in [0.717, 1.165) is 23.4 Å². The van der Waals surface area contributed by atoms with Gasteiger partial charge in [-0.15, -0.1) is 0 Å². The molecule has 0 aliphatic carbocycles. The van der Waals surface area contributed by atoms with Gasteiger partial charge in [-0.1, -0.05) is 19.9 Å². The van der Waals surface area contributed by atoms with Crippen LogP contribution >= 0.6 is 0 Å². The second-order valence-corrected chi connectivity index (χ2v) is 14.3. The molecule has 1 aromatic heterocycles. The Labute approximate surface area is 243 Å². The van der Waals surface area contributed by atoms with E-state index in [9.17, 15) is 17.9 Å². The van der Waals surface area contributed by atoms with E-state index in [-0.39, 0.29) is 24.3 Å². The molecule has 2 aliphatic rings. The zero-order chi connectivity index (χ0) is 30.1. The van der Waals surface area contributed by atoms with Crippen molar-refractivity contribution >= 4 is 40.1 Å². The van der Waals surface area contributed by atoms with E-state index in [2.05, 4.69) is 71.7 Å². The lowest BCUT2D eigenvalue weighted by Crippen LogP contribution is -2.55. The van der Waals surface area contributed by atoms with Gasteiger partial charge in [0.25, 0.3) is 0 Å². The summed E-state index contributed by atoms with van der Waals surface area (Å²) >= 11 is 0. The highest BCUT2D eigenvalue weighted by molar-refractivity contribution is 7.90. The van der Waals surface area contributed by atoms with Crippen LogP contribution in [0.15, 0.2) is 35.2 Å². The van der Waals surface area contributed by atoms with Gasteiger partial charge < -0.3 is 20.2 Å². The van der Waals surface area contributed by atoms with Crippen molar-refractivity contribution in [1.29, 1.82) is 0 Å². The number of rotatable bonds is 10. The first kappa shape index (κ1) is 30.9. The van der Waals surface area contributed by atoms with Gasteiger partial charge in [0.1, 0.15) is 21.5 Å². The number of nitrogens with zero attached hydrogens (tertiary/aromatic N) is 5. The molecule has 3 heterocycles. The molecule has 4 atom stereocenters. The Morgan fingerprint density at radius 2 is 2.10 bits per heavy atom. The minimum atomic E-state index is -2.98. The Morgan fingerprint density at radius 1 is 1.37 bits per heavy atom. The summed E-state index contributed by atoms with van der Waals surface area (Å²) in [4.78, 5) is 17.2. The predicted octanol–water partition coefficient (Wildman–Crippen LogP) is 4.58. The van der Waals surface area contributed by atoms with Gasteiger partial charge in [0.05, 0.1) is 18.4 Å². The number of halogens is 1. The number of nitrogens with one attached hydrogen (secondary N) is 1. The molecular formula is C30H43FN6O3S. The van der Waals surface area contributed by atoms with Crippen LogP contribution < -0.4 is 15.1 Å². The minimum Gasteiger partial charge on any atom is -0.390 e. The summed E-state index contributed by atoms with van der Waals surface area (Å²) in [7, 11) is -2.98. The molecule has 0 unspecified atom stereocenters. The Morgan fingerprint density at radius 3 is 2.71 bits per heavy atom. The SMILES string of the molecule is C=N/C(=C\c1c(C(C)C)ccc(N2C[C@H](CCS(C)(=O)=O)[C@H]2C)c1C)Nc1ccnc(N2CC[C@H](O)[C@@](C)(F)C2)n1. The highest BCUT2D eigenvalue weighted by Gasteiger charge is 2.40. The van der Waals surface area contributed by atoms with Crippen LogP contribution in [-0.4, -0.2) is 79.7 Å². The largest absolute Gasteiger partial charge is 0.390 e. The lowest BCUT2D eigenvalue weighted by Gasteiger charge is -2.49. The van der Waals surface area contributed by atoms with E-state index in [1.807, 2.05) is 6.08 Å². The fourth-order valence-electron chi connectivity index (χ4n) is 5.71. The molecule has 224 valence electrons. The normalized spacial score (nSPS) is 25.3. The molecule has 4 rings (SSSR count). The first-order chi connectivity index (χ1) is 19.2. The minimum absolute atomic E-state index is 0.00773. The van der Waals surface area contributed by atoms with Gasteiger partial charge in [-0.05, 0) is 87.1 Å². The second kappa shape index (κ2) is 12.1. The van der Waals surface area contributed by atoms with E-state index < -0.39 is 21.6 Å². The van der Waals surface area contributed by atoms with Crippen LogP contribution in [0.4, 0.5) is 21.8 Å². The molecule has 0 amide bonds. The number of hydrogen-bond acceptors (Lipinski definition) is 9. The maximum Gasteiger partial charge on any atom is 0.227 e. The van der Waals surface area contributed by atoms with Gasteiger partial charge in [-0.2, -0.15) is 4.98 Å². The quantitative estimate of drug-likeness (QED) is 0.390. The summed E-state index contributed by atoms with van der Waals surface area (Å²) in [6, 6.07) is 6.28. The first-order valence-electron chi connectivity index (χ1n) is 14.2. The molecule has 2 N–H and O–H groups in total. The van der Waals surface area contributed by atoms with Crippen molar-refractivity contribution in [2.75, 3.05) is 46.8 Å². The van der Waals surface area contributed by atoms with Crippen LogP contribution in [0.3, 0.4) is 0 Å². The van der Waals surface area contributed by atoms with Gasteiger partial charge in [-0.3, -0.25) is 0 Å². The highest BCUT2D eigenvalue weighted by Crippen LogP contribution is 2.39. The zero-order valence-corrected chi connectivity index (χ0v) is 25.7. The molecule has 0 bridgehead atoms. The molecule has 41 heavy (non-hydrogen) atoms. The summed E-state index contributed by atoms with van der Waals surface area (Å²) in [5.41, 5.74) is 2.72. The molecule has 11 heteroatoms. The van der Waals surface area contributed by atoms with Crippen molar-refractivity contribution in [3.8, 4) is 0 Å². The lowest BCUT2D eigenvalue weighted by molar-refractivity contribution is -0.00860. The molecule has 2 aromatic rings. The first-order valence-corrected chi connectivity index (χ1v) is 16.2. The zero-order valence-electron chi connectivity index (χ0n) is 24.9. The highest BCUT2D eigenvalue weighted by atomic mass is 32.2. The fourth-order valence-corrected chi connectivity index (χ4v) is 6.45.